The van der Waals surface area contributed by atoms with Gasteiger partial charge in [0, 0.05) is 13.0 Å². The molecule has 0 amide bonds. The zero-order valence-electron chi connectivity index (χ0n) is 10.9. The van der Waals surface area contributed by atoms with Crippen molar-refractivity contribution in [2.45, 2.75) is 26.3 Å². The first kappa shape index (κ1) is 12.2. The van der Waals surface area contributed by atoms with Crippen molar-refractivity contribution in [2.24, 2.45) is 7.05 Å². The summed E-state index contributed by atoms with van der Waals surface area (Å²) in [5.41, 5.74) is 7.79. The van der Waals surface area contributed by atoms with Crippen molar-refractivity contribution in [1.82, 2.24) is 19.1 Å². The Balaban J connectivity index is 2.61. The third-order valence-corrected chi connectivity index (χ3v) is 2.86. The third kappa shape index (κ3) is 1.86. The summed E-state index contributed by atoms with van der Waals surface area (Å²) in [5.74, 6) is 4.38. The Morgan fingerprint density at radius 1 is 1.50 bits per heavy atom. The summed E-state index contributed by atoms with van der Waals surface area (Å²) in [4.78, 5) is 8.70. The summed E-state index contributed by atoms with van der Waals surface area (Å²) < 4.78 is 3.77. The van der Waals surface area contributed by atoms with Crippen LogP contribution in [0.5, 0.6) is 0 Å². The first-order valence-corrected chi connectivity index (χ1v) is 5.82. The third-order valence-electron chi connectivity index (χ3n) is 2.86. The molecular formula is C13H17N5. The monoisotopic (exact) mass is 243 g/mol. The lowest BCUT2D eigenvalue weighted by molar-refractivity contribution is 0.691. The maximum atomic E-state index is 6.15. The highest BCUT2D eigenvalue weighted by atomic mass is 15.2. The molecule has 0 bridgehead atoms. The standard InChI is InChI=1S/C13H17N5/c1-5-6-18-12(14)11(16-13(18)9(2)3)10-7-15-8-17(10)4/h1,7-9H,6,14H2,2-4H3. The SMILES string of the molecule is C#CCn1c(C(C)C)nc(-c2cncn2C)c1N. The molecule has 0 aromatic carbocycles. The molecule has 5 heteroatoms. The zero-order valence-corrected chi connectivity index (χ0v) is 10.9. The largest absolute Gasteiger partial charge is 0.383 e. The van der Waals surface area contributed by atoms with Crippen molar-refractivity contribution < 1.29 is 0 Å². The minimum absolute atomic E-state index is 0.266. The first-order chi connectivity index (χ1) is 8.56. The molecule has 2 heterocycles. The van der Waals surface area contributed by atoms with Crippen LogP contribution in [0.1, 0.15) is 25.6 Å². The molecule has 0 radical (unpaired) electrons. The second kappa shape index (κ2) is 4.57. The minimum Gasteiger partial charge on any atom is -0.383 e. The Morgan fingerprint density at radius 3 is 2.72 bits per heavy atom. The molecule has 5 nitrogen and oxygen atoms in total. The molecule has 0 saturated carbocycles. The average Bonchev–Trinajstić information content (AvgIpc) is 2.85. The van der Waals surface area contributed by atoms with Crippen LogP contribution in [-0.4, -0.2) is 19.1 Å². The van der Waals surface area contributed by atoms with Crippen molar-refractivity contribution in [2.75, 3.05) is 5.73 Å². The number of hydrogen-bond acceptors (Lipinski definition) is 3. The van der Waals surface area contributed by atoms with E-state index in [9.17, 15) is 0 Å². The number of imidazole rings is 2. The van der Waals surface area contributed by atoms with E-state index in [1.54, 1.807) is 12.5 Å². The highest BCUT2D eigenvalue weighted by molar-refractivity contribution is 5.68. The Bertz CT molecular complexity index is 597. The highest BCUT2D eigenvalue weighted by Crippen LogP contribution is 2.28. The van der Waals surface area contributed by atoms with Crippen molar-refractivity contribution in [1.29, 1.82) is 0 Å². The molecule has 0 spiro atoms. The van der Waals surface area contributed by atoms with Crippen molar-refractivity contribution in [3.05, 3.63) is 18.3 Å². The number of hydrogen-bond donors (Lipinski definition) is 1. The maximum absolute atomic E-state index is 6.15. The van der Waals surface area contributed by atoms with E-state index >= 15 is 0 Å². The summed E-state index contributed by atoms with van der Waals surface area (Å²) >= 11 is 0. The number of anilines is 1. The van der Waals surface area contributed by atoms with E-state index in [1.165, 1.54) is 0 Å². The van der Waals surface area contributed by atoms with Gasteiger partial charge in [0.05, 0.1) is 24.8 Å². The summed E-state index contributed by atoms with van der Waals surface area (Å²) in [6, 6.07) is 0. The fourth-order valence-corrected chi connectivity index (χ4v) is 1.96. The number of nitrogen functional groups attached to an aromatic ring is 1. The fraction of sp³-hybridized carbons (Fsp3) is 0.385. The maximum Gasteiger partial charge on any atom is 0.134 e. The molecule has 2 rings (SSSR count). The second-order valence-corrected chi connectivity index (χ2v) is 4.54. The predicted molar refractivity (Wildman–Crippen MR) is 71.8 cm³/mol. The molecule has 94 valence electrons. The Labute approximate surface area is 107 Å². The normalized spacial score (nSPS) is 10.8. The number of nitrogens with zero attached hydrogens (tertiary/aromatic N) is 4. The van der Waals surface area contributed by atoms with Crippen LogP contribution in [0.3, 0.4) is 0 Å². The highest BCUT2D eigenvalue weighted by Gasteiger charge is 2.19. The van der Waals surface area contributed by atoms with Crippen LogP contribution >= 0.6 is 0 Å². The quantitative estimate of drug-likeness (QED) is 0.833. The molecule has 2 N–H and O–H groups in total. The van der Waals surface area contributed by atoms with E-state index in [2.05, 4.69) is 29.7 Å². The zero-order chi connectivity index (χ0) is 13.3. The van der Waals surface area contributed by atoms with E-state index < -0.39 is 0 Å². The summed E-state index contributed by atoms with van der Waals surface area (Å²) in [7, 11) is 1.91. The van der Waals surface area contributed by atoms with Crippen LogP contribution in [0.25, 0.3) is 11.4 Å². The van der Waals surface area contributed by atoms with E-state index in [4.69, 9.17) is 12.2 Å². The van der Waals surface area contributed by atoms with Gasteiger partial charge in [0.15, 0.2) is 0 Å². The minimum atomic E-state index is 0.266. The van der Waals surface area contributed by atoms with Gasteiger partial charge in [-0.25, -0.2) is 9.97 Å². The average molecular weight is 243 g/mol. The molecule has 2 aromatic heterocycles. The van der Waals surface area contributed by atoms with Gasteiger partial charge in [-0.15, -0.1) is 6.42 Å². The van der Waals surface area contributed by atoms with Gasteiger partial charge in [-0.1, -0.05) is 19.8 Å². The smallest absolute Gasteiger partial charge is 0.134 e. The van der Waals surface area contributed by atoms with Gasteiger partial charge in [0.25, 0.3) is 0 Å². The molecule has 0 aliphatic carbocycles. The van der Waals surface area contributed by atoms with Crippen LogP contribution in [0.2, 0.25) is 0 Å². The number of nitrogens with two attached hydrogens (primary N) is 1. The van der Waals surface area contributed by atoms with Gasteiger partial charge in [0.2, 0.25) is 0 Å². The molecule has 2 aromatic rings. The van der Waals surface area contributed by atoms with E-state index in [0.29, 0.717) is 12.4 Å². The Kier molecular flexibility index (Phi) is 3.11. The lowest BCUT2D eigenvalue weighted by atomic mass is 10.2. The van der Waals surface area contributed by atoms with Crippen LogP contribution in [0.4, 0.5) is 5.82 Å². The van der Waals surface area contributed by atoms with Gasteiger partial charge in [-0.3, -0.25) is 0 Å². The Morgan fingerprint density at radius 2 is 2.22 bits per heavy atom. The molecule has 0 aliphatic heterocycles. The number of aromatic nitrogens is 4. The predicted octanol–water partition coefficient (Wildman–Crippen LogP) is 1.62. The van der Waals surface area contributed by atoms with E-state index in [1.807, 2.05) is 16.2 Å². The van der Waals surface area contributed by atoms with E-state index in [-0.39, 0.29) is 5.92 Å². The van der Waals surface area contributed by atoms with Gasteiger partial charge in [-0.05, 0) is 0 Å². The fourth-order valence-electron chi connectivity index (χ4n) is 1.96. The molecule has 0 saturated heterocycles. The van der Waals surface area contributed by atoms with E-state index in [0.717, 1.165) is 17.2 Å². The summed E-state index contributed by atoms with van der Waals surface area (Å²) in [6.45, 7) is 4.58. The molecule has 0 fully saturated rings. The van der Waals surface area contributed by atoms with Crippen LogP contribution < -0.4 is 5.73 Å². The summed E-state index contributed by atoms with van der Waals surface area (Å²) in [6.07, 6.45) is 8.86. The molecule has 0 unspecified atom stereocenters. The van der Waals surface area contributed by atoms with Gasteiger partial charge >= 0.3 is 0 Å². The first-order valence-electron chi connectivity index (χ1n) is 5.82. The van der Waals surface area contributed by atoms with Crippen LogP contribution in [0, 0.1) is 12.3 Å². The molecule has 18 heavy (non-hydrogen) atoms. The molecular weight excluding hydrogens is 226 g/mol. The number of aryl methyl sites for hydroxylation is 1. The lowest BCUT2D eigenvalue weighted by Gasteiger charge is -2.08. The number of rotatable bonds is 3. The Hall–Kier alpha value is -2.22. The number of terminal acetylenes is 1. The van der Waals surface area contributed by atoms with Crippen molar-refractivity contribution in [3.63, 3.8) is 0 Å². The van der Waals surface area contributed by atoms with Gasteiger partial charge in [0.1, 0.15) is 17.3 Å². The van der Waals surface area contributed by atoms with Gasteiger partial charge in [-0.2, -0.15) is 0 Å². The van der Waals surface area contributed by atoms with Gasteiger partial charge < -0.3 is 14.9 Å². The van der Waals surface area contributed by atoms with Crippen molar-refractivity contribution in [3.8, 4) is 23.7 Å². The topological polar surface area (TPSA) is 61.7 Å². The lowest BCUT2D eigenvalue weighted by Crippen LogP contribution is -2.07. The molecule has 0 atom stereocenters. The summed E-state index contributed by atoms with van der Waals surface area (Å²) in [5, 5.41) is 0. The van der Waals surface area contributed by atoms with Crippen LogP contribution in [-0.2, 0) is 13.6 Å². The van der Waals surface area contributed by atoms with Crippen molar-refractivity contribution >= 4 is 5.82 Å². The van der Waals surface area contributed by atoms with Crippen LogP contribution in [0.15, 0.2) is 12.5 Å². The molecule has 0 aliphatic rings. The second-order valence-electron chi connectivity index (χ2n) is 4.54.